The van der Waals surface area contributed by atoms with Gasteiger partial charge in [0, 0.05) is 32.6 Å². The first-order chi connectivity index (χ1) is 8.43. The molecule has 2 aliphatic heterocycles. The minimum atomic E-state index is -0.641. The van der Waals surface area contributed by atoms with E-state index in [4.69, 9.17) is 0 Å². The Labute approximate surface area is 108 Å². The molecule has 1 unspecified atom stereocenters. The number of carbonyl (C=O) groups is 2. The van der Waals surface area contributed by atoms with Gasteiger partial charge >= 0.3 is 0 Å². The lowest BCUT2D eigenvalue weighted by Gasteiger charge is -2.36. The third-order valence-electron chi connectivity index (χ3n) is 4.10. The van der Waals surface area contributed by atoms with E-state index in [1.807, 2.05) is 13.8 Å². The summed E-state index contributed by atoms with van der Waals surface area (Å²) in [5.41, 5.74) is -0.641. The summed E-state index contributed by atoms with van der Waals surface area (Å²) in [4.78, 5) is 27.4. The Kier molecular flexibility index (Phi) is 3.61. The van der Waals surface area contributed by atoms with Crippen LogP contribution in [-0.2, 0) is 9.59 Å². The van der Waals surface area contributed by atoms with Crippen LogP contribution in [0.5, 0.6) is 0 Å². The standard InChI is InChI=1S/C13H22N2O3/c1-3-14-9-10(8-11(14)16)12(17)15-6-4-13(2,18)5-7-15/h10,18H,3-9H2,1-2H3. The zero-order chi connectivity index (χ0) is 13.3. The Morgan fingerprint density at radius 3 is 2.56 bits per heavy atom. The van der Waals surface area contributed by atoms with Crippen molar-refractivity contribution in [2.75, 3.05) is 26.2 Å². The lowest BCUT2D eigenvalue weighted by Crippen LogP contribution is -2.47. The second-order valence-electron chi connectivity index (χ2n) is 5.66. The monoisotopic (exact) mass is 254 g/mol. The average Bonchev–Trinajstić information content (AvgIpc) is 2.69. The summed E-state index contributed by atoms with van der Waals surface area (Å²) >= 11 is 0. The molecule has 0 bridgehead atoms. The van der Waals surface area contributed by atoms with Gasteiger partial charge in [-0.15, -0.1) is 0 Å². The molecule has 2 aliphatic rings. The molecule has 102 valence electrons. The molecule has 0 aromatic heterocycles. The highest BCUT2D eigenvalue weighted by molar-refractivity contribution is 5.89. The van der Waals surface area contributed by atoms with Crippen LogP contribution in [-0.4, -0.2) is 58.5 Å². The second kappa shape index (κ2) is 4.88. The van der Waals surface area contributed by atoms with Crippen molar-refractivity contribution in [3.8, 4) is 0 Å². The minimum Gasteiger partial charge on any atom is -0.390 e. The molecule has 0 saturated carbocycles. The van der Waals surface area contributed by atoms with Gasteiger partial charge in [0.1, 0.15) is 0 Å². The zero-order valence-electron chi connectivity index (χ0n) is 11.2. The zero-order valence-corrected chi connectivity index (χ0v) is 11.2. The minimum absolute atomic E-state index is 0.0785. The molecule has 2 amide bonds. The first kappa shape index (κ1) is 13.3. The number of amides is 2. The number of hydrogen-bond donors (Lipinski definition) is 1. The normalized spacial score (nSPS) is 27.7. The van der Waals surface area contributed by atoms with Crippen molar-refractivity contribution in [3.05, 3.63) is 0 Å². The van der Waals surface area contributed by atoms with E-state index in [0.29, 0.717) is 45.4 Å². The first-order valence-electron chi connectivity index (χ1n) is 6.72. The van der Waals surface area contributed by atoms with E-state index in [9.17, 15) is 14.7 Å². The largest absolute Gasteiger partial charge is 0.390 e. The molecule has 1 N–H and O–H groups in total. The third-order valence-corrected chi connectivity index (χ3v) is 4.10. The lowest BCUT2D eigenvalue weighted by molar-refractivity contribution is -0.139. The van der Waals surface area contributed by atoms with Crippen LogP contribution in [0.25, 0.3) is 0 Å². The number of nitrogens with zero attached hydrogens (tertiary/aromatic N) is 2. The summed E-state index contributed by atoms with van der Waals surface area (Å²) in [5, 5.41) is 9.86. The van der Waals surface area contributed by atoms with E-state index >= 15 is 0 Å². The Morgan fingerprint density at radius 2 is 2.06 bits per heavy atom. The van der Waals surface area contributed by atoms with E-state index in [1.54, 1.807) is 9.80 Å². The van der Waals surface area contributed by atoms with Crippen molar-refractivity contribution < 1.29 is 14.7 Å². The number of hydrogen-bond acceptors (Lipinski definition) is 3. The number of likely N-dealkylation sites (tertiary alicyclic amines) is 2. The molecule has 5 nitrogen and oxygen atoms in total. The fourth-order valence-electron chi connectivity index (χ4n) is 2.71. The molecule has 2 rings (SSSR count). The number of rotatable bonds is 2. The van der Waals surface area contributed by atoms with E-state index in [0.717, 1.165) is 0 Å². The van der Waals surface area contributed by atoms with Gasteiger partial charge in [-0.3, -0.25) is 9.59 Å². The van der Waals surface area contributed by atoms with E-state index in [1.165, 1.54) is 0 Å². The Bertz CT molecular complexity index is 344. The van der Waals surface area contributed by atoms with Crippen molar-refractivity contribution in [1.29, 1.82) is 0 Å². The van der Waals surface area contributed by atoms with Gasteiger partial charge in [0.2, 0.25) is 11.8 Å². The first-order valence-corrected chi connectivity index (χ1v) is 6.72. The maximum atomic E-state index is 12.3. The van der Waals surface area contributed by atoms with Gasteiger partial charge in [0.25, 0.3) is 0 Å². The SMILES string of the molecule is CCN1CC(C(=O)N2CCC(C)(O)CC2)CC1=O. The summed E-state index contributed by atoms with van der Waals surface area (Å²) in [7, 11) is 0. The fourth-order valence-corrected chi connectivity index (χ4v) is 2.71. The molecule has 2 heterocycles. The number of piperidine rings is 1. The van der Waals surface area contributed by atoms with Crippen LogP contribution in [0.4, 0.5) is 0 Å². The highest BCUT2D eigenvalue weighted by atomic mass is 16.3. The summed E-state index contributed by atoms with van der Waals surface area (Å²) in [5.74, 6) is -0.0184. The molecule has 0 radical (unpaired) electrons. The van der Waals surface area contributed by atoms with Crippen molar-refractivity contribution in [3.63, 3.8) is 0 Å². The van der Waals surface area contributed by atoms with Gasteiger partial charge in [-0.1, -0.05) is 0 Å². The van der Waals surface area contributed by atoms with Crippen LogP contribution < -0.4 is 0 Å². The van der Waals surface area contributed by atoms with Crippen molar-refractivity contribution in [2.24, 2.45) is 5.92 Å². The van der Waals surface area contributed by atoms with Crippen LogP contribution in [0.2, 0.25) is 0 Å². The maximum Gasteiger partial charge on any atom is 0.227 e. The van der Waals surface area contributed by atoms with Crippen molar-refractivity contribution in [1.82, 2.24) is 9.80 Å². The molecular formula is C13H22N2O3. The molecule has 2 fully saturated rings. The Hall–Kier alpha value is -1.10. The third kappa shape index (κ3) is 2.66. The fraction of sp³-hybridized carbons (Fsp3) is 0.846. The molecule has 0 spiro atoms. The maximum absolute atomic E-state index is 12.3. The molecule has 1 atom stereocenters. The van der Waals surface area contributed by atoms with Crippen LogP contribution in [0.15, 0.2) is 0 Å². The van der Waals surface area contributed by atoms with Gasteiger partial charge in [-0.05, 0) is 26.7 Å². The van der Waals surface area contributed by atoms with Crippen molar-refractivity contribution in [2.45, 2.75) is 38.7 Å². The summed E-state index contributed by atoms with van der Waals surface area (Å²) in [6.07, 6.45) is 1.59. The van der Waals surface area contributed by atoms with Gasteiger partial charge in [-0.2, -0.15) is 0 Å². The van der Waals surface area contributed by atoms with Gasteiger partial charge < -0.3 is 14.9 Å². The molecule has 0 aliphatic carbocycles. The highest BCUT2D eigenvalue weighted by Gasteiger charge is 2.38. The van der Waals surface area contributed by atoms with Crippen LogP contribution in [0.3, 0.4) is 0 Å². The van der Waals surface area contributed by atoms with Gasteiger partial charge in [0.15, 0.2) is 0 Å². The second-order valence-corrected chi connectivity index (χ2v) is 5.66. The lowest BCUT2D eigenvalue weighted by atomic mass is 9.93. The number of aliphatic hydroxyl groups is 1. The molecule has 2 saturated heterocycles. The van der Waals surface area contributed by atoms with E-state index in [-0.39, 0.29) is 17.7 Å². The molecular weight excluding hydrogens is 232 g/mol. The molecule has 18 heavy (non-hydrogen) atoms. The smallest absolute Gasteiger partial charge is 0.227 e. The van der Waals surface area contributed by atoms with Crippen molar-refractivity contribution >= 4 is 11.8 Å². The predicted octanol–water partition coefficient (Wildman–Crippen LogP) is 0.228. The summed E-state index contributed by atoms with van der Waals surface area (Å²) in [6, 6.07) is 0. The highest BCUT2D eigenvalue weighted by Crippen LogP contribution is 2.25. The molecule has 5 heteroatoms. The molecule has 0 aromatic carbocycles. The van der Waals surface area contributed by atoms with Crippen LogP contribution >= 0.6 is 0 Å². The molecule has 0 aromatic rings. The predicted molar refractivity (Wildman–Crippen MR) is 66.8 cm³/mol. The van der Waals surface area contributed by atoms with Crippen LogP contribution in [0.1, 0.15) is 33.1 Å². The topological polar surface area (TPSA) is 60.9 Å². The Balaban J connectivity index is 1.91. The Morgan fingerprint density at radius 1 is 1.44 bits per heavy atom. The van der Waals surface area contributed by atoms with Gasteiger partial charge in [-0.25, -0.2) is 0 Å². The average molecular weight is 254 g/mol. The van der Waals surface area contributed by atoms with Gasteiger partial charge in [0.05, 0.1) is 11.5 Å². The van der Waals surface area contributed by atoms with Crippen LogP contribution in [0, 0.1) is 5.92 Å². The van der Waals surface area contributed by atoms with E-state index < -0.39 is 5.60 Å². The summed E-state index contributed by atoms with van der Waals surface area (Å²) < 4.78 is 0. The number of carbonyl (C=O) groups excluding carboxylic acids is 2. The van der Waals surface area contributed by atoms with E-state index in [2.05, 4.69) is 0 Å². The quantitative estimate of drug-likeness (QED) is 0.767. The summed E-state index contributed by atoms with van der Waals surface area (Å²) in [6.45, 7) is 6.18.